The standard InChI is InChI=1S/C23H23ClN2O3S/c1-16-9-10-17(2)22(13-16)26(30(28,29)20-7-5-4-6-8-20)15-23(27)25-21-12-11-19(24)14-18(21)3/h4-14H,15H2,1-3H3,(H,25,27). The van der Waals surface area contributed by atoms with Crippen LogP contribution in [0.15, 0.2) is 71.6 Å². The summed E-state index contributed by atoms with van der Waals surface area (Å²) >= 11 is 5.98. The van der Waals surface area contributed by atoms with Gasteiger partial charge in [-0.2, -0.15) is 0 Å². The van der Waals surface area contributed by atoms with Crippen LogP contribution < -0.4 is 9.62 Å². The minimum Gasteiger partial charge on any atom is -0.324 e. The number of anilines is 2. The molecule has 3 rings (SSSR count). The molecule has 0 aliphatic rings. The molecule has 0 aromatic heterocycles. The van der Waals surface area contributed by atoms with Gasteiger partial charge in [0.1, 0.15) is 6.54 Å². The lowest BCUT2D eigenvalue weighted by molar-refractivity contribution is -0.114. The largest absolute Gasteiger partial charge is 0.324 e. The Bertz CT molecular complexity index is 1180. The number of benzene rings is 3. The van der Waals surface area contributed by atoms with E-state index >= 15 is 0 Å². The Morgan fingerprint density at radius 3 is 2.30 bits per heavy atom. The van der Waals surface area contributed by atoms with Crippen LogP contribution in [0, 0.1) is 20.8 Å². The molecule has 0 unspecified atom stereocenters. The molecule has 3 aromatic carbocycles. The monoisotopic (exact) mass is 442 g/mol. The molecule has 0 saturated heterocycles. The van der Waals surface area contributed by atoms with Gasteiger partial charge in [-0.05, 0) is 73.9 Å². The number of nitrogens with zero attached hydrogens (tertiary/aromatic N) is 1. The second-order valence-corrected chi connectivity index (χ2v) is 9.42. The molecule has 7 heteroatoms. The van der Waals surface area contributed by atoms with Gasteiger partial charge in [-0.3, -0.25) is 9.10 Å². The first kappa shape index (κ1) is 21.9. The number of halogens is 1. The van der Waals surface area contributed by atoms with Crippen LogP contribution in [0.5, 0.6) is 0 Å². The quantitative estimate of drug-likeness (QED) is 0.577. The zero-order valence-corrected chi connectivity index (χ0v) is 18.6. The summed E-state index contributed by atoms with van der Waals surface area (Å²) in [7, 11) is -3.95. The van der Waals surface area contributed by atoms with Crippen molar-refractivity contribution in [1.82, 2.24) is 0 Å². The molecule has 0 radical (unpaired) electrons. The van der Waals surface area contributed by atoms with E-state index in [1.165, 1.54) is 12.1 Å². The van der Waals surface area contributed by atoms with Gasteiger partial charge in [-0.1, -0.05) is 41.9 Å². The number of carbonyl (C=O) groups excluding carboxylic acids is 1. The van der Waals surface area contributed by atoms with Crippen molar-refractivity contribution in [2.45, 2.75) is 25.7 Å². The van der Waals surface area contributed by atoms with E-state index in [9.17, 15) is 13.2 Å². The van der Waals surface area contributed by atoms with Gasteiger partial charge in [0.05, 0.1) is 10.6 Å². The summed E-state index contributed by atoms with van der Waals surface area (Å²) in [6.45, 7) is 5.17. The van der Waals surface area contributed by atoms with E-state index in [0.29, 0.717) is 16.4 Å². The first-order chi connectivity index (χ1) is 14.2. The fraction of sp³-hybridized carbons (Fsp3) is 0.174. The molecular formula is C23H23ClN2O3S. The van der Waals surface area contributed by atoms with Crippen molar-refractivity contribution in [3.63, 3.8) is 0 Å². The van der Waals surface area contributed by atoms with Crippen molar-refractivity contribution >= 4 is 38.9 Å². The minimum atomic E-state index is -3.95. The highest BCUT2D eigenvalue weighted by atomic mass is 35.5. The third kappa shape index (κ3) is 4.83. The fourth-order valence-corrected chi connectivity index (χ4v) is 4.82. The summed E-state index contributed by atoms with van der Waals surface area (Å²) in [5.41, 5.74) is 3.51. The van der Waals surface area contributed by atoms with Crippen LogP contribution >= 0.6 is 11.6 Å². The SMILES string of the molecule is Cc1ccc(C)c(N(CC(=O)Nc2ccc(Cl)cc2C)S(=O)(=O)c2ccccc2)c1. The van der Waals surface area contributed by atoms with Crippen LogP contribution in [-0.4, -0.2) is 20.9 Å². The van der Waals surface area contributed by atoms with Gasteiger partial charge in [-0.15, -0.1) is 0 Å². The highest BCUT2D eigenvalue weighted by molar-refractivity contribution is 7.92. The van der Waals surface area contributed by atoms with Gasteiger partial charge in [0.2, 0.25) is 5.91 Å². The number of hydrogen-bond donors (Lipinski definition) is 1. The smallest absolute Gasteiger partial charge is 0.264 e. The average molecular weight is 443 g/mol. The molecule has 0 fully saturated rings. The van der Waals surface area contributed by atoms with E-state index in [1.54, 1.807) is 42.5 Å². The van der Waals surface area contributed by atoms with Gasteiger partial charge in [0, 0.05) is 10.7 Å². The molecule has 3 aromatic rings. The predicted molar refractivity (Wildman–Crippen MR) is 122 cm³/mol. The van der Waals surface area contributed by atoms with Crippen LogP contribution in [0.4, 0.5) is 11.4 Å². The van der Waals surface area contributed by atoms with Crippen molar-refractivity contribution in [2.24, 2.45) is 0 Å². The van der Waals surface area contributed by atoms with Crippen LogP contribution in [0.2, 0.25) is 5.02 Å². The van der Waals surface area contributed by atoms with Crippen molar-refractivity contribution < 1.29 is 13.2 Å². The van der Waals surface area contributed by atoms with Crippen molar-refractivity contribution in [3.05, 3.63) is 88.4 Å². The first-order valence-electron chi connectivity index (χ1n) is 9.39. The molecule has 0 aliphatic carbocycles. The number of sulfonamides is 1. The van der Waals surface area contributed by atoms with Crippen molar-refractivity contribution in [3.8, 4) is 0 Å². The third-order valence-corrected chi connectivity index (χ3v) is 6.72. The lowest BCUT2D eigenvalue weighted by Crippen LogP contribution is -2.38. The summed E-state index contributed by atoms with van der Waals surface area (Å²) in [6, 6.07) is 18.7. The number of hydrogen-bond acceptors (Lipinski definition) is 3. The summed E-state index contributed by atoms with van der Waals surface area (Å²) in [5.74, 6) is -0.444. The second kappa shape index (κ2) is 8.90. The minimum absolute atomic E-state index is 0.126. The van der Waals surface area contributed by atoms with Crippen molar-refractivity contribution in [2.75, 3.05) is 16.2 Å². The van der Waals surface area contributed by atoms with Gasteiger partial charge in [0.15, 0.2) is 0 Å². The fourth-order valence-electron chi connectivity index (χ4n) is 3.09. The highest BCUT2D eigenvalue weighted by Gasteiger charge is 2.28. The molecule has 0 heterocycles. The maximum atomic E-state index is 13.4. The summed E-state index contributed by atoms with van der Waals surface area (Å²) in [5, 5.41) is 3.36. The second-order valence-electron chi connectivity index (χ2n) is 7.12. The normalized spacial score (nSPS) is 11.2. The van der Waals surface area contributed by atoms with E-state index < -0.39 is 15.9 Å². The molecule has 0 atom stereocenters. The molecule has 156 valence electrons. The summed E-state index contributed by atoms with van der Waals surface area (Å²) < 4.78 is 28.0. The van der Waals surface area contributed by atoms with E-state index in [1.807, 2.05) is 32.9 Å². The van der Waals surface area contributed by atoms with E-state index in [2.05, 4.69) is 5.32 Å². The Balaban J connectivity index is 1.99. The average Bonchev–Trinajstić information content (AvgIpc) is 2.71. The number of nitrogens with one attached hydrogen (secondary N) is 1. The zero-order chi connectivity index (χ0) is 21.9. The van der Waals surface area contributed by atoms with Crippen LogP contribution in [-0.2, 0) is 14.8 Å². The van der Waals surface area contributed by atoms with Gasteiger partial charge < -0.3 is 5.32 Å². The maximum absolute atomic E-state index is 13.4. The molecule has 0 bridgehead atoms. The molecule has 0 saturated carbocycles. The molecule has 1 amide bonds. The molecule has 0 spiro atoms. The van der Waals surface area contributed by atoms with Crippen LogP contribution in [0.1, 0.15) is 16.7 Å². The molecule has 30 heavy (non-hydrogen) atoms. The van der Waals surface area contributed by atoms with Gasteiger partial charge in [-0.25, -0.2) is 8.42 Å². The predicted octanol–water partition coefficient (Wildman–Crippen LogP) is 5.10. The van der Waals surface area contributed by atoms with Crippen LogP contribution in [0.3, 0.4) is 0 Å². The molecule has 0 aliphatic heterocycles. The highest BCUT2D eigenvalue weighted by Crippen LogP contribution is 2.28. The van der Waals surface area contributed by atoms with E-state index in [4.69, 9.17) is 11.6 Å². The Kier molecular flexibility index (Phi) is 6.48. The zero-order valence-electron chi connectivity index (χ0n) is 17.0. The Hall–Kier alpha value is -2.83. The lowest BCUT2D eigenvalue weighted by atomic mass is 10.1. The maximum Gasteiger partial charge on any atom is 0.264 e. The van der Waals surface area contributed by atoms with E-state index in [0.717, 1.165) is 21.0 Å². The molecule has 1 N–H and O–H groups in total. The van der Waals surface area contributed by atoms with Crippen LogP contribution in [0.25, 0.3) is 0 Å². The Labute approximate surface area is 182 Å². The van der Waals surface area contributed by atoms with Crippen molar-refractivity contribution in [1.29, 1.82) is 0 Å². The number of amides is 1. The number of aryl methyl sites for hydroxylation is 3. The summed E-state index contributed by atoms with van der Waals surface area (Å²) in [4.78, 5) is 13.0. The number of carbonyl (C=O) groups is 1. The summed E-state index contributed by atoms with van der Waals surface area (Å²) in [6.07, 6.45) is 0. The lowest BCUT2D eigenvalue weighted by Gasteiger charge is -2.26. The van der Waals surface area contributed by atoms with Gasteiger partial charge >= 0.3 is 0 Å². The number of rotatable bonds is 6. The Morgan fingerprint density at radius 2 is 1.63 bits per heavy atom. The first-order valence-corrected chi connectivity index (χ1v) is 11.2. The van der Waals surface area contributed by atoms with E-state index in [-0.39, 0.29) is 11.4 Å². The third-order valence-electron chi connectivity index (χ3n) is 4.71. The van der Waals surface area contributed by atoms with Gasteiger partial charge in [0.25, 0.3) is 10.0 Å². The Morgan fingerprint density at radius 1 is 0.933 bits per heavy atom. The molecule has 5 nitrogen and oxygen atoms in total. The topological polar surface area (TPSA) is 66.5 Å². The molecular weight excluding hydrogens is 420 g/mol.